The number of aliphatic hydroxyl groups excluding tert-OH is 1. The first-order valence-electron chi connectivity index (χ1n) is 10.8. The van der Waals surface area contributed by atoms with Gasteiger partial charge in [-0.3, -0.25) is 14.6 Å². The van der Waals surface area contributed by atoms with Gasteiger partial charge in [0.15, 0.2) is 0 Å². The van der Waals surface area contributed by atoms with Crippen LogP contribution in [0.4, 0.5) is 0 Å². The van der Waals surface area contributed by atoms with Crippen LogP contribution in [0.1, 0.15) is 35.2 Å². The quantitative estimate of drug-likeness (QED) is 0.301. The summed E-state index contributed by atoms with van der Waals surface area (Å²) in [6, 6.07) is 12.8. The van der Waals surface area contributed by atoms with E-state index >= 15 is 0 Å². The molecule has 3 aromatic rings. The van der Waals surface area contributed by atoms with Gasteiger partial charge in [0, 0.05) is 41.0 Å². The minimum atomic E-state index is -0.888. The molecule has 1 saturated heterocycles. The van der Waals surface area contributed by atoms with E-state index in [-0.39, 0.29) is 24.0 Å². The van der Waals surface area contributed by atoms with Crippen LogP contribution in [0.2, 0.25) is 10.0 Å². The molecule has 1 aromatic heterocycles. The van der Waals surface area contributed by atoms with Crippen LogP contribution in [0, 0.1) is 0 Å². The zero-order valence-corrected chi connectivity index (χ0v) is 19.7. The van der Waals surface area contributed by atoms with Crippen LogP contribution in [0.25, 0.3) is 5.76 Å². The Bertz CT molecular complexity index is 1340. The number of hydrogen-bond donors (Lipinski definition) is 1. The van der Waals surface area contributed by atoms with Crippen molar-refractivity contribution in [3.8, 4) is 5.75 Å². The lowest BCUT2D eigenvalue weighted by molar-refractivity contribution is -0.140. The Balaban J connectivity index is 1.66. The van der Waals surface area contributed by atoms with E-state index in [1.165, 1.54) is 4.90 Å². The first-order chi connectivity index (χ1) is 16.3. The molecule has 2 atom stereocenters. The number of aromatic nitrogens is 1. The number of fused-ring (bicyclic) bond motifs is 1. The maximum Gasteiger partial charge on any atom is 0.295 e. The van der Waals surface area contributed by atoms with Crippen LogP contribution in [0.5, 0.6) is 5.75 Å². The second-order valence-corrected chi connectivity index (χ2v) is 9.25. The summed E-state index contributed by atoms with van der Waals surface area (Å²) in [6.45, 7) is 2.11. The Kier molecular flexibility index (Phi) is 5.80. The van der Waals surface area contributed by atoms with E-state index in [2.05, 4.69) is 4.98 Å². The summed E-state index contributed by atoms with van der Waals surface area (Å²) in [7, 11) is 0. The molecule has 1 fully saturated rings. The number of carbonyl (C=O) groups excluding carboxylic acids is 2. The molecule has 0 spiro atoms. The topological polar surface area (TPSA) is 79.7 Å². The van der Waals surface area contributed by atoms with Gasteiger partial charge >= 0.3 is 0 Å². The summed E-state index contributed by atoms with van der Waals surface area (Å²) in [5, 5.41) is 12.0. The minimum Gasteiger partial charge on any atom is -0.507 e. The molecule has 0 bridgehead atoms. The lowest BCUT2D eigenvalue weighted by Crippen LogP contribution is -2.29. The predicted octanol–water partition coefficient (Wildman–Crippen LogP) is 5.33. The number of rotatable bonds is 4. The Hall–Kier alpha value is -3.35. The Morgan fingerprint density at radius 3 is 2.62 bits per heavy atom. The fourth-order valence-corrected chi connectivity index (χ4v) is 5.01. The van der Waals surface area contributed by atoms with Gasteiger partial charge in [-0.05, 0) is 66.1 Å². The van der Waals surface area contributed by atoms with E-state index in [0.717, 1.165) is 16.9 Å². The third-order valence-corrected chi connectivity index (χ3v) is 6.63. The summed E-state index contributed by atoms with van der Waals surface area (Å²) in [4.78, 5) is 31.8. The van der Waals surface area contributed by atoms with Crippen molar-refractivity contribution in [3.63, 3.8) is 0 Å². The van der Waals surface area contributed by atoms with Gasteiger partial charge < -0.3 is 14.7 Å². The van der Waals surface area contributed by atoms with E-state index in [0.29, 0.717) is 27.6 Å². The van der Waals surface area contributed by atoms with E-state index < -0.39 is 17.7 Å². The van der Waals surface area contributed by atoms with Gasteiger partial charge in [-0.15, -0.1) is 0 Å². The van der Waals surface area contributed by atoms with E-state index in [4.69, 9.17) is 27.9 Å². The van der Waals surface area contributed by atoms with Gasteiger partial charge in [0.2, 0.25) is 0 Å². The number of halogens is 2. The number of aliphatic hydroxyl groups is 1. The molecule has 1 N–H and O–H groups in total. The molecule has 0 saturated carbocycles. The Morgan fingerprint density at radius 1 is 1.12 bits per heavy atom. The highest BCUT2D eigenvalue weighted by molar-refractivity contribution is 6.47. The molecule has 2 aliphatic heterocycles. The largest absolute Gasteiger partial charge is 0.507 e. The Morgan fingerprint density at radius 2 is 1.88 bits per heavy atom. The zero-order valence-electron chi connectivity index (χ0n) is 18.2. The van der Waals surface area contributed by atoms with Crippen molar-refractivity contribution in [3.05, 3.63) is 98.8 Å². The summed E-state index contributed by atoms with van der Waals surface area (Å²) in [5.74, 6) is -0.992. The average molecular weight is 495 g/mol. The summed E-state index contributed by atoms with van der Waals surface area (Å²) in [5.41, 5.74) is 2.64. The lowest BCUT2D eigenvalue weighted by atomic mass is 9.94. The molecule has 172 valence electrons. The van der Waals surface area contributed by atoms with Crippen LogP contribution in [-0.2, 0) is 22.6 Å². The molecule has 34 heavy (non-hydrogen) atoms. The maximum absolute atomic E-state index is 13.3. The predicted molar refractivity (Wildman–Crippen MR) is 129 cm³/mol. The SMILES string of the molecule is CC1Cc2cc(/C(O)=C3\C(=O)C(=O)N(Cc4ccncc4)C3c3ccc(Cl)cc3Cl)ccc2O1. The minimum absolute atomic E-state index is 0.0183. The van der Waals surface area contributed by atoms with Crippen LogP contribution in [0.15, 0.2) is 66.5 Å². The van der Waals surface area contributed by atoms with E-state index in [9.17, 15) is 14.7 Å². The molecule has 6 nitrogen and oxygen atoms in total. The van der Waals surface area contributed by atoms with Crippen LogP contribution in [0.3, 0.4) is 0 Å². The first kappa shape index (κ1) is 22.4. The van der Waals surface area contributed by atoms with Gasteiger partial charge in [-0.2, -0.15) is 0 Å². The fourth-order valence-electron chi connectivity index (χ4n) is 4.50. The second-order valence-electron chi connectivity index (χ2n) is 8.40. The number of Topliss-reactive ketones (excluding diaryl/α,β-unsaturated/α-hetero) is 1. The van der Waals surface area contributed by atoms with Crippen molar-refractivity contribution >= 4 is 40.7 Å². The molecular weight excluding hydrogens is 475 g/mol. The molecule has 2 aromatic carbocycles. The fraction of sp³-hybridized carbons (Fsp3) is 0.192. The number of benzene rings is 2. The molecule has 5 rings (SSSR count). The van der Waals surface area contributed by atoms with Crippen molar-refractivity contribution in [2.24, 2.45) is 0 Å². The van der Waals surface area contributed by atoms with Gasteiger partial charge in [0.05, 0.1) is 11.6 Å². The number of ether oxygens (including phenoxy) is 1. The van der Waals surface area contributed by atoms with Crippen molar-refractivity contribution in [1.29, 1.82) is 0 Å². The highest BCUT2D eigenvalue weighted by Gasteiger charge is 2.46. The third-order valence-electron chi connectivity index (χ3n) is 6.07. The third kappa shape index (κ3) is 3.93. The highest BCUT2D eigenvalue weighted by atomic mass is 35.5. The molecule has 3 heterocycles. The van der Waals surface area contributed by atoms with E-state index in [1.54, 1.807) is 60.9 Å². The molecular formula is C26H20Cl2N2O4. The van der Waals surface area contributed by atoms with Crippen LogP contribution in [-0.4, -0.2) is 32.8 Å². The second kappa shape index (κ2) is 8.78. The number of pyridine rings is 1. The molecule has 2 aliphatic rings. The number of hydrogen-bond acceptors (Lipinski definition) is 5. The van der Waals surface area contributed by atoms with Crippen molar-refractivity contribution < 1.29 is 19.4 Å². The molecule has 0 radical (unpaired) electrons. The highest BCUT2D eigenvalue weighted by Crippen LogP contribution is 2.43. The van der Waals surface area contributed by atoms with Gasteiger partial charge in [0.1, 0.15) is 17.6 Å². The summed E-state index contributed by atoms with van der Waals surface area (Å²) >= 11 is 12.6. The number of likely N-dealkylation sites (tertiary alicyclic amines) is 1. The standard InChI is InChI=1S/C26H20Cl2N2O4/c1-14-10-17-11-16(2-5-21(17)34-14)24(31)22-23(19-4-3-18(27)12-20(19)28)30(26(33)25(22)32)13-15-6-8-29-9-7-15/h2-9,11-12,14,23,31H,10,13H2,1H3/b24-22+. The summed E-state index contributed by atoms with van der Waals surface area (Å²) < 4.78 is 5.74. The Labute approximate surface area is 206 Å². The number of ketones is 1. The molecule has 1 amide bonds. The van der Waals surface area contributed by atoms with Crippen molar-refractivity contribution in [1.82, 2.24) is 9.88 Å². The van der Waals surface area contributed by atoms with Gasteiger partial charge in [-0.25, -0.2) is 0 Å². The monoisotopic (exact) mass is 494 g/mol. The number of carbonyl (C=O) groups is 2. The van der Waals surface area contributed by atoms with Crippen molar-refractivity contribution in [2.45, 2.75) is 32.0 Å². The zero-order chi connectivity index (χ0) is 24.0. The number of amides is 1. The lowest BCUT2D eigenvalue weighted by Gasteiger charge is -2.26. The average Bonchev–Trinajstić information content (AvgIpc) is 3.30. The molecule has 0 aliphatic carbocycles. The van der Waals surface area contributed by atoms with Gasteiger partial charge in [0.25, 0.3) is 11.7 Å². The van der Waals surface area contributed by atoms with Gasteiger partial charge in [-0.1, -0.05) is 29.3 Å². The molecule has 8 heteroatoms. The van der Waals surface area contributed by atoms with Crippen molar-refractivity contribution in [2.75, 3.05) is 0 Å². The molecule has 2 unspecified atom stereocenters. The van der Waals surface area contributed by atoms with E-state index in [1.807, 2.05) is 6.92 Å². The van der Waals surface area contributed by atoms with Crippen LogP contribution < -0.4 is 4.74 Å². The number of nitrogens with zero attached hydrogens (tertiary/aromatic N) is 2. The maximum atomic E-state index is 13.3. The normalized spacial score (nSPS) is 21.0. The smallest absolute Gasteiger partial charge is 0.295 e. The van der Waals surface area contributed by atoms with Crippen LogP contribution >= 0.6 is 23.2 Å². The first-order valence-corrected chi connectivity index (χ1v) is 11.5. The summed E-state index contributed by atoms with van der Waals surface area (Å²) in [6.07, 6.45) is 3.96.